The van der Waals surface area contributed by atoms with Gasteiger partial charge in [-0.25, -0.2) is 0 Å². The van der Waals surface area contributed by atoms with E-state index in [4.69, 9.17) is 11.6 Å². The topological polar surface area (TPSA) is 74.0 Å². The van der Waals surface area contributed by atoms with Gasteiger partial charge in [-0.1, -0.05) is 60.1 Å². The molecule has 0 unspecified atom stereocenters. The van der Waals surface area contributed by atoms with Crippen LogP contribution in [0.15, 0.2) is 83.0 Å². The van der Waals surface area contributed by atoms with Gasteiger partial charge >= 0.3 is 0 Å². The molecule has 0 aliphatic rings. The highest BCUT2D eigenvalue weighted by molar-refractivity contribution is 6.32. The number of nitrogens with zero attached hydrogens (tertiary/aromatic N) is 2. The summed E-state index contributed by atoms with van der Waals surface area (Å²) in [6, 6.07) is 21.7. The van der Waals surface area contributed by atoms with Crippen molar-refractivity contribution in [2.45, 2.75) is 13.8 Å². The molecule has 0 saturated carbocycles. The zero-order valence-corrected chi connectivity index (χ0v) is 17.8. The van der Waals surface area contributed by atoms with Gasteiger partial charge in [0, 0.05) is 11.1 Å². The highest BCUT2D eigenvalue weighted by Gasteiger charge is 2.19. The number of azo groups is 1. The van der Waals surface area contributed by atoms with Crippen LogP contribution in [-0.2, 0) is 0 Å². The third-order valence-corrected chi connectivity index (χ3v) is 5.52. The monoisotopic (exact) mass is 429 g/mol. The molecule has 1 amide bonds. The van der Waals surface area contributed by atoms with E-state index in [1.807, 2.05) is 56.3 Å². The molecule has 31 heavy (non-hydrogen) atoms. The molecule has 0 aliphatic carbocycles. The summed E-state index contributed by atoms with van der Waals surface area (Å²) in [5, 5.41) is 24.2. The Morgan fingerprint density at radius 2 is 1.68 bits per heavy atom. The van der Waals surface area contributed by atoms with E-state index in [9.17, 15) is 9.90 Å². The molecule has 0 fully saturated rings. The molecular weight excluding hydrogens is 410 g/mol. The maximum Gasteiger partial charge on any atom is 0.259 e. The fourth-order valence-electron chi connectivity index (χ4n) is 3.30. The number of phenols is 1. The number of anilines is 1. The summed E-state index contributed by atoms with van der Waals surface area (Å²) in [4.78, 5) is 13.1. The Kier molecular flexibility index (Phi) is 5.69. The quantitative estimate of drug-likeness (QED) is 0.330. The standard InChI is InChI=1S/C25H20ClN3O2/c1-15-8-7-13-21(16(15)2)27-25(31)19-14-17-9-3-4-10-18(17)23(24(19)30)29-28-22-12-6-5-11-20(22)26/h3-14,30H,1-2H3,(H,27,31). The van der Waals surface area contributed by atoms with Crippen molar-refractivity contribution < 1.29 is 9.90 Å². The number of carbonyl (C=O) groups is 1. The number of amides is 1. The summed E-state index contributed by atoms with van der Waals surface area (Å²) < 4.78 is 0. The van der Waals surface area contributed by atoms with Gasteiger partial charge in [0.25, 0.3) is 5.91 Å². The van der Waals surface area contributed by atoms with Crippen molar-refractivity contribution in [3.05, 3.63) is 94.5 Å². The maximum absolute atomic E-state index is 13.1. The van der Waals surface area contributed by atoms with Crippen LogP contribution >= 0.6 is 11.6 Å². The second-order valence-electron chi connectivity index (χ2n) is 7.20. The van der Waals surface area contributed by atoms with E-state index in [1.54, 1.807) is 30.3 Å². The first-order valence-corrected chi connectivity index (χ1v) is 10.1. The molecule has 4 aromatic carbocycles. The van der Waals surface area contributed by atoms with Crippen LogP contribution in [0.3, 0.4) is 0 Å². The van der Waals surface area contributed by atoms with Crippen LogP contribution in [0, 0.1) is 13.8 Å². The number of nitrogens with one attached hydrogen (secondary N) is 1. The summed E-state index contributed by atoms with van der Waals surface area (Å²) in [5.74, 6) is -0.663. The number of fused-ring (bicyclic) bond motifs is 1. The van der Waals surface area contributed by atoms with Crippen molar-refractivity contribution in [1.82, 2.24) is 0 Å². The minimum absolute atomic E-state index is 0.118. The van der Waals surface area contributed by atoms with Gasteiger partial charge in [-0.2, -0.15) is 0 Å². The molecule has 0 spiro atoms. The van der Waals surface area contributed by atoms with Crippen LogP contribution < -0.4 is 5.32 Å². The average Bonchev–Trinajstić information content (AvgIpc) is 2.77. The molecule has 0 saturated heterocycles. The Morgan fingerprint density at radius 1 is 0.935 bits per heavy atom. The van der Waals surface area contributed by atoms with Crippen LogP contribution in [0.5, 0.6) is 5.75 Å². The van der Waals surface area contributed by atoms with Gasteiger partial charge in [0.15, 0.2) is 5.75 Å². The van der Waals surface area contributed by atoms with Crippen LogP contribution in [0.2, 0.25) is 5.02 Å². The third-order valence-electron chi connectivity index (χ3n) is 5.20. The molecule has 0 atom stereocenters. The zero-order chi connectivity index (χ0) is 22.0. The van der Waals surface area contributed by atoms with Gasteiger partial charge in [0.2, 0.25) is 0 Å². The molecule has 4 rings (SSSR count). The number of hydrogen-bond acceptors (Lipinski definition) is 4. The Labute approximate surface area is 185 Å². The van der Waals surface area contributed by atoms with Gasteiger partial charge in [-0.15, -0.1) is 10.2 Å². The number of aryl methyl sites for hydroxylation is 1. The minimum atomic E-state index is -0.425. The summed E-state index contributed by atoms with van der Waals surface area (Å²) in [5.41, 5.74) is 3.52. The normalized spacial score (nSPS) is 11.2. The molecule has 2 N–H and O–H groups in total. The lowest BCUT2D eigenvalue weighted by molar-refractivity contribution is 0.102. The Bertz CT molecular complexity index is 1330. The molecule has 0 aliphatic heterocycles. The number of carbonyl (C=O) groups excluding carboxylic acids is 1. The number of phenolic OH excluding ortho intramolecular Hbond substituents is 1. The number of rotatable bonds is 4. The summed E-state index contributed by atoms with van der Waals surface area (Å²) in [6.07, 6.45) is 0. The number of halogens is 1. The highest BCUT2D eigenvalue weighted by atomic mass is 35.5. The van der Waals surface area contributed by atoms with Gasteiger partial charge in [0.1, 0.15) is 11.4 Å². The molecule has 5 nitrogen and oxygen atoms in total. The van der Waals surface area contributed by atoms with E-state index in [2.05, 4.69) is 15.5 Å². The lowest BCUT2D eigenvalue weighted by Crippen LogP contribution is -2.13. The van der Waals surface area contributed by atoms with Crippen LogP contribution in [-0.4, -0.2) is 11.0 Å². The van der Waals surface area contributed by atoms with Crippen LogP contribution in [0.4, 0.5) is 17.1 Å². The van der Waals surface area contributed by atoms with Crippen LogP contribution in [0.1, 0.15) is 21.5 Å². The predicted molar refractivity (Wildman–Crippen MR) is 125 cm³/mol. The minimum Gasteiger partial charge on any atom is -0.505 e. The van der Waals surface area contributed by atoms with E-state index in [0.717, 1.165) is 16.5 Å². The molecule has 154 valence electrons. The van der Waals surface area contributed by atoms with Crippen LogP contribution in [0.25, 0.3) is 10.8 Å². The Hall–Kier alpha value is -3.70. The van der Waals surface area contributed by atoms with E-state index in [1.165, 1.54) is 0 Å². The fourth-order valence-corrected chi connectivity index (χ4v) is 3.48. The van der Waals surface area contributed by atoms with E-state index in [-0.39, 0.29) is 17.0 Å². The number of benzene rings is 4. The Morgan fingerprint density at radius 3 is 2.48 bits per heavy atom. The lowest BCUT2D eigenvalue weighted by Gasteiger charge is -2.13. The first-order chi connectivity index (χ1) is 15.0. The molecule has 0 aromatic heterocycles. The van der Waals surface area contributed by atoms with Gasteiger partial charge in [-0.3, -0.25) is 4.79 Å². The molecule has 4 aromatic rings. The largest absolute Gasteiger partial charge is 0.505 e. The van der Waals surface area contributed by atoms with Gasteiger partial charge < -0.3 is 10.4 Å². The van der Waals surface area contributed by atoms with E-state index >= 15 is 0 Å². The van der Waals surface area contributed by atoms with Crippen molar-refractivity contribution in [3.63, 3.8) is 0 Å². The number of hydrogen-bond donors (Lipinski definition) is 2. The first-order valence-electron chi connectivity index (χ1n) is 9.74. The molecule has 0 bridgehead atoms. The zero-order valence-electron chi connectivity index (χ0n) is 17.1. The molecule has 0 radical (unpaired) electrons. The van der Waals surface area contributed by atoms with Gasteiger partial charge in [-0.05, 0) is 54.6 Å². The first kappa shape index (κ1) is 20.6. The fraction of sp³-hybridized carbons (Fsp3) is 0.0800. The van der Waals surface area contributed by atoms with Crippen molar-refractivity contribution >= 4 is 45.3 Å². The second kappa shape index (κ2) is 8.58. The summed E-state index contributed by atoms with van der Waals surface area (Å²) in [7, 11) is 0. The second-order valence-corrected chi connectivity index (χ2v) is 7.60. The smallest absolute Gasteiger partial charge is 0.259 e. The van der Waals surface area contributed by atoms with Crippen molar-refractivity contribution in [2.75, 3.05) is 5.32 Å². The van der Waals surface area contributed by atoms with Gasteiger partial charge in [0.05, 0.1) is 10.6 Å². The van der Waals surface area contributed by atoms with E-state index < -0.39 is 5.91 Å². The maximum atomic E-state index is 13.1. The lowest BCUT2D eigenvalue weighted by atomic mass is 10.0. The molecule has 0 heterocycles. The molecule has 6 heteroatoms. The van der Waals surface area contributed by atoms with Crippen molar-refractivity contribution in [2.24, 2.45) is 10.2 Å². The average molecular weight is 430 g/mol. The Balaban J connectivity index is 1.80. The SMILES string of the molecule is Cc1cccc(NC(=O)c2cc3ccccc3c(N=Nc3ccccc3Cl)c2O)c1C. The third kappa shape index (κ3) is 4.13. The van der Waals surface area contributed by atoms with E-state index in [0.29, 0.717) is 21.8 Å². The highest BCUT2D eigenvalue weighted by Crippen LogP contribution is 2.40. The number of aromatic hydroxyl groups is 1. The predicted octanol–water partition coefficient (Wildman–Crippen LogP) is 7.48. The summed E-state index contributed by atoms with van der Waals surface area (Å²) in [6.45, 7) is 3.92. The molecular formula is C25H20ClN3O2. The summed E-state index contributed by atoms with van der Waals surface area (Å²) >= 11 is 6.17. The van der Waals surface area contributed by atoms with Crippen molar-refractivity contribution in [3.8, 4) is 5.75 Å². The van der Waals surface area contributed by atoms with Crippen molar-refractivity contribution in [1.29, 1.82) is 0 Å².